The first-order valence-corrected chi connectivity index (χ1v) is 9.69. The summed E-state index contributed by atoms with van der Waals surface area (Å²) >= 11 is 0. The summed E-state index contributed by atoms with van der Waals surface area (Å²) in [5.41, 5.74) is 3.19. The molecule has 0 N–H and O–H groups in total. The molecule has 0 amide bonds. The van der Waals surface area contributed by atoms with Gasteiger partial charge in [0, 0.05) is 31.3 Å². The third-order valence-electron chi connectivity index (χ3n) is 4.73. The van der Waals surface area contributed by atoms with Gasteiger partial charge in [0.05, 0.1) is 17.5 Å². The van der Waals surface area contributed by atoms with Gasteiger partial charge in [-0.2, -0.15) is 0 Å². The number of aromatic nitrogens is 4. The molecule has 142 valence electrons. The Labute approximate surface area is 164 Å². The minimum atomic E-state index is 0.642. The van der Waals surface area contributed by atoms with Gasteiger partial charge in [-0.1, -0.05) is 24.3 Å². The Hall–Kier alpha value is -3.21. The van der Waals surface area contributed by atoms with Crippen molar-refractivity contribution in [2.75, 3.05) is 6.61 Å². The lowest BCUT2D eigenvalue weighted by Gasteiger charge is -2.06. The van der Waals surface area contributed by atoms with Crippen molar-refractivity contribution in [3.8, 4) is 17.0 Å². The second-order valence-corrected chi connectivity index (χ2v) is 6.87. The molecule has 0 aliphatic heterocycles. The molecule has 0 unspecified atom stereocenters. The zero-order valence-corrected chi connectivity index (χ0v) is 16.1. The van der Waals surface area contributed by atoms with Crippen LogP contribution >= 0.6 is 0 Å². The normalized spacial score (nSPS) is 12.6. The Bertz CT molecular complexity index is 1080. The molecule has 3 aromatic rings. The van der Waals surface area contributed by atoms with Crippen molar-refractivity contribution in [3.05, 3.63) is 71.3 Å². The van der Waals surface area contributed by atoms with Crippen molar-refractivity contribution < 1.29 is 4.74 Å². The molecule has 28 heavy (non-hydrogen) atoms. The number of hydrogen-bond donors (Lipinski definition) is 0. The number of ether oxygens (including phenoxy) is 1. The fourth-order valence-corrected chi connectivity index (χ4v) is 3.29. The highest BCUT2D eigenvalue weighted by Crippen LogP contribution is 2.28. The molecule has 0 spiro atoms. The Morgan fingerprint density at radius 1 is 1.11 bits per heavy atom. The Morgan fingerprint density at radius 2 is 2.00 bits per heavy atom. The molecule has 5 nitrogen and oxygen atoms in total. The zero-order valence-electron chi connectivity index (χ0n) is 16.1. The van der Waals surface area contributed by atoms with E-state index in [0.717, 1.165) is 47.9 Å². The molecular weight excluding hydrogens is 348 g/mol. The van der Waals surface area contributed by atoms with E-state index in [4.69, 9.17) is 9.72 Å². The molecule has 0 fully saturated rings. The van der Waals surface area contributed by atoms with Crippen molar-refractivity contribution in [2.45, 2.75) is 25.7 Å². The summed E-state index contributed by atoms with van der Waals surface area (Å²) in [5, 5.41) is 6.73. The van der Waals surface area contributed by atoms with Gasteiger partial charge in [0.2, 0.25) is 5.88 Å². The standard InChI is InChI=1S/C23H24N4O/c1-27-17-21(18-12-14-24-15-13-18)23(26-27)28-16-6-5-8-20-11-10-19-7-3-2-4-9-22(19)25-20/h2,4,7,9-15,17H,3,5-6,8,16H2,1H3. The summed E-state index contributed by atoms with van der Waals surface area (Å²) in [7, 11) is 1.91. The number of allylic oxidation sites excluding steroid dienone is 2. The number of pyridine rings is 2. The van der Waals surface area contributed by atoms with Gasteiger partial charge in [-0.3, -0.25) is 14.6 Å². The predicted octanol–water partition coefficient (Wildman–Crippen LogP) is 2.80. The average molecular weight is 372 g/mol. The maximum Gasteiger partial charge on any atom is 0.240 e. The molecule has 0 radical (unpaired) electrons. The van der Waals surface area contributed by atoms with Crippen LogP contribution in [0.25, 0.3) is 23.3 Å². The van der Waals surface area contributed by atoms with Crippen molar-refractivity contribution in [2.24, 2.45) is 7.05 Å². The third kappa shape index (κ3) is 4.36. The average Bonchev–Trinajstić information content (AvgIpc) is 2.94. The Balaban J connectivity index is 1.32. The first-order chi connectivity index (χ1) is 13.8. The second-order valence-electron chi connectivity index (χ2n) is 6.87. The monoisotopic (exact) mass is 372 g/mol. The van der Waals surface area contributed by atoms with Gasteiger partial charge < -0.3 is 4.74 Å². The molecular formula is C23H24N4O. The van der Waals surface area contributed by atoms with Crippen molar-refractivity contribution in [1.29, 1.82) is 0 Å². The number of aryl methyl sites for hydroxylation is 2. The minimum absolute atomic E-state index is 0.642. The number of unbranched alkanes of at least 4 members (excludes halogenated alkanes) is 1. The maximum atomic E-state index is 5.96. The highest BCUT2D eigenvalue weighted by atomic mass is 16.5. The highest BCUT2D eigenvalue weighted by molar-refractivity contribution is 5.67. The summed E-state index contributed by atoms with van der Waals surface area (Å²) in [6.45, 7) is 0.642. The lowest BCUT2D eigenvalue weighted by Crippen LogP contribution is -2.28. The summed E-state index contributed by atoms with van der Waals surface area (Å²) in [6, 6.07) is 8.25. The Morgan fingerprint density at radius 3 is 2.89 bits per heavy atom. The van der Waals surface area contributed by atoms with Crippen LogP contribution in [0.15, 0.2) is 55.0 Å². The van der Waals surface area contributed by atoms with E-state index >= 15 is 0 Å². The van der Waals surface area contributed by atoms with Gasteiger partial charge in [-0.15, -0.1) is 5.10 Å². The lowest BCUT2D eigenvalue weighted by atomic mass is 10.1. The van der Waals surface area contributed by atoms with Gasteiger partial charge in [-0.25, -0.2) is 0 Å². The molecule has 1 aliphatic carbocycles. The van der Waals surface area contributed by atoms with Gasteiger partial charge in [0.25, 0.3) is 0 Å². The van der Waals surface area contributed by atoms with E-state index in [-0.39, 0.29) is 0 Å². The van der Waals surface area contributed by atoms with E-state index in [1.54, 1.807) is 17.1 Å². The first-order valence-electron chi connectivity index (χ1n) is 9.69. The van der Waals surface area contributed by atoms with E-state index < -0.39 is 0 Å². The third-order valence-corrected chi connectivity index (χ3v) is 4.73. The molecule has 5 heteroatoms. The van der Waals surface area contributed by atoms with Crippen LogP contribution in [0, 0.1) is 0 Å². The van der Waals surface area contributed by atoms with E-state index in [1.165, 1.54) is 5.22 Å². The number of nitrogens with zero attached hydrogens (tertiary/aromatic N) is 4. The number of rotatable bonds is 7. The topological polar surface area (TPSA) is 52.8 Å². The maximum absolute atomic E-state index is 5.96. The quantitative estimate of drug-likeness (QED) is 0.599. The van der Waals surface area contributed by atoms with Crippen LogP contribution in [-0.4, -0.2) is 26.4 Å². The molecule has 0 bridgehead atoms. The fourth-order valence-electron chi connectivity index (χ4n) is 3.29. The zero-order chi connectivity index (χ0) is 19.2. The van der Waals surface area contributed by atoms with E-state index in [1.807, 2.05) is 25.4 Å². The Kier molecular flexibility index (Phi) is 5.61. The number of fused-ring (bicyclic) bond motifs is 1. The summed E-state index contributed by atoms with van der Waals surface area (Å²) in [5.74, 6) is 0.675. The molecule has 0 saturated heterocycles. The molecule has 0 saturated carbocycles. The van der Waals surface area contributed by atoms with Gasteiger partial charge in [0.15, 0.2) is 0 Å². The lowest BCUT2D eigenvalue weighted by molar-refractivity contribution is 0.293. The summed E-state index contributed by atoms with van der Waals surface area (Å²) in [6.07, 6.45) is 18.0. The van der Waals surface area contributed by atoms with Crippen LogP contribution in [0.3, 0.4) is 0 Å². The van der Waals surface area contributed by atoms with Crippen molar-refractivity contribution >= 4 is 12.2 Å². The first kappa shape index (κ1) is 18.2. The SMILES string of the molecule is Cn1cc(-c2ccncc2)c(OCCCCc2ccc3c(n2)=CC=CCC=3)n1. The van der Waals surface area contributed by atoms with Gasteiger partial charge in [-0.05, 0) is 60.7 Å². The van der Waals surface area contributed by atoms with Crippen LogP contribution in [0.4, 0.5) is 0 Å². The van der Waals surface area contributed by atoms with E-state index in [2.05, 4.69) is 46.5 Å². The molecule has 0 aromatic carbocycles. The summed E-state index contributed by atoms with van der Waals surface area (Å²) in [4.78, 5) is 8.86. The highest BCUT2D eigenvalue weighted by Gasteiger charge is 2.11. The van der Waals surface area contributed by atoms with Crippen molar-refractivity contribution in [1.82, 2.24) is 19.7 Å². The molecule has 1 aliphatic rings. The smallest absolute Gasteiger partial charge is 0.240 e. The van der Waals surface area contributed by atoms with E-state index in [9.17, 15) is 0 Å². The largest absolute Gasteiger partial charge is 0.476 e. The van der Waals surface area contributed by atoms with Gasteiger partial charge >= 0.3 is 0 Å². The molecule has 4 rings (SSSR count). The minimum Gasteiger partial charge on any atom is -0.476 e. The number of hydrogen-bond acceptors (Lipinski definition) is 4. The van der Waals surface area contributed by atoms with Crippen LogP contribution < -0.4 is 15.3 Å². The van der Waals surface area contributed by atoms with Gasteiger partial charge in [0.1, 0.15) is 0 Å². The molecule has 3 aromatic heterocycles. The molecule has 0 atom stereocenters. The van der Waals surface area contributed by atoms with Crippen LogP contribution in [0.2, 0.25) is 0 Å². The van der Waals surface area contributed by atoms with Crippen LogP contribution in [0.5, 0.6) is 5.88 Å². The van der Waals surface area contributed by atoms with E-state index in [0.29, 0.717) is 12.5 Å². The predicted molar refractivity (Wildman–Crippen MR) is 111 cm³/mol. The second kappa shape index (κ2) is 8.65. The molecule has 3 heterocycles. The fraction of sp³-hybridized carbons (Fsp3) is 0.261. The van der Waals surface area contributed by atoms with Crippen LogP contribution in [0.1, 0.15) is 25.0 Å². The van der Waals surface area contributed by atoms with Crippen LogP contribution in [-0.2, 0) is 13.5 Å². The van der Waals surface area contributed by atoms with Crippen molar-refractivity contribution in [3.63, 3.8) is 0 Å². The summed E-state index contributed by atoms with van der Waals surface area (Å²) < 4.78 is 7.75.